The second kappa shape index (κ2) is 14.2. The van der Waals surface area contributed by atoms with Crippen LogP contribution in [-0.2, 0) is 32.1 Å². The Labute approximate surface area is 240 Å². The van der Waals surface area contributed by atoms with Gasteiger partial charge in [0.25, 0.3) is 0 Å². The number of nitrogens with zero attached hydrogens (tertiary/aromatic N) is 3. The van der Waals surface area contributed by atoms with E-state index in [4.69, 9.17) is 0 Å². The predicted octanol–water partition coefficient (Wildman–Crippen LogP) is 0.234. The number of rotatable bonds is 6. The molecule has 0 radical (unpaired) electrons. The van der Waals surface area contributed by atoms with Gasteiger partial charge in [-0.2, -0.15) is 0 Å². The van der Waals surface area contributed by atoms with Crippen LogP contribution in [0.15, 0.2) is 54.9 Å². The summed E-state index contributed by atoms with van der Waals surface area (Å²) in [6.07, 6.45) is 3.45. The van der Waals surface area contributed by atoms with Gasteiger partial charge >= 0.3 is 0 Å². The number of aliphatic hydroxyl groups excluding tert-OH is 1. The number of aromatic nitrogens is 1. The van der Waals surface area contributed by atoms with E-state index >= 15 is 0 Å². The van der Waals surface area contributed by atoms with Crippen LogP contribution in [0.2, 0.25) is 0 Å². The lowest BCUT2D eigenvalue weighted by molar-refractivity contribution is -0.143. The van der Waals surface area contributed by atoms with Crippen molar-refractivity contribution in [2.24, 2.45) is 5.92 Å². The maximum atomic E-state index is 13.8. The minimum absolute atomic E-state index is 0.00164. The Hall–Kier alpha value is -3.83. The molecule has 0 spiro atoms. The summed E-state index contributed by atoms with van der Waals surface area (Å²) in [5.74, 6) is -1.83. The Balaban J connectivity index is 1.64. The molecule has 4 amide bonds. The number of fused-ring (bicyclic) bond motifs is 1. The molecule has 4 N–H and O–H groups in total. The van der Waals surface area contributed by atoms with Gasteiger partial charge in [-0.15, -0.1) is 0 Å². The third-order valence-electron chi connectivity index (χ3n) is 7.80. The van der Waals surface area contributed by atoms with Crippen LogP contribution in [0.1, 0.15) is 37.8 Å². The monoisotopic (exact) mass is 564 g/mol. The van der Waals surface area contributed by atoms with E-state index < -0.39 is 36.0 Å². The summed E-state index contributed by atoms with van der Waals surface area (Å²) < 4.78 is 0. The molecule has 220 valence electrons. The van der Waals surface area contributed by atoms with Crippen molar-refractivity contribution in [1.29, 1.82) is 0 Å². The van der Waals surface area contributed by atoms with E-state index in [1.165, 1.54) is 4.90 Å². The molecule has 0 saturated carbocycles. The molecule has 11 heteroatoms. The van der Waals surface area contributed by atoms with Crippen molar-refractivity contribution in [3.05, 3.63) is 66.0 Å². The molecule has 2 fully saturated rings. The summed E-state index contributed by atoms with van der Waals surface area (Å²) in [6, 6.07) is 10.4. The average molecular weight is 565 g/mol. The first-order valence-corrected chi connectivity index (χ1v) is 14.3. The van der Waals surface area contributed by atoms with E-state index in [9.17, 15) is 24.3 Å². The van der Waals surface area contributed by atoms with Crippen LogP contribution in [0.25, 0.3) is 0 Å². The highest BCUT2D eigenvalue weighted by atomic mass is 16.3. The van der Waals surface area contributed by atoms with Crippen molar-refractivity contribution in [2.75, 3.05) is 26.2 Å². The molecule has 11 nitrogen and oxygen atoms in total. The molecule has 41 heavy (non-hydrogen) atoms. The molecule has 2 aliphatic rings. The number of carbonyl (C=O) groups excluding carboxylic acids is 4. The highest BCUT2D eigenvalue weighted by Crippen LogP contribution is 2.22. The Bertz CT molecular complexity index is 1200. The van der Waals surface area contributed by atoms with Crippen LogP contribution in [0.3, 0.4) is 0 Å². The first-order chi connectivity index (χ1) is 19.7. The maximum Gasteiger partial charge on any atom is 0.246 e. The first kappa shape index (κ1) is 30.1. The van der Waals surface area contributed by atoms with Crippen molar-refractivity contribution in [2.45, 2.75) is 63.9 Å². The number of benzene rings is 1. The molecule has 2 aliphatic heterocycles. The average Bonchev–Trinajstić information content (AvgIpc) is 3.37. The van der Waals surface area contributed by atoms with Crippen LogP contribution in [-0.4, -0.2) is 93.9 Å². The van der Waals surface area contributed by atoms with Gasteiger partial charge < -0.3 is 26.0 Å². The van der Waals surface area contributed by atoms with Gasteiger partial charge in [0.15, 0.2) is 0 Å². The minimum Gasteiger partial charge on any atom is -0.391 e. The molecule has 0 aliphatic carbocycles. The smallest absolute Gasteiger partial charge is 0.246 e. The topological polar surface area (TPSA) is 144 Å². The van der Waals surface area contributed by atoms with Crippen molar-refractivity contribution < 1.29 is 24.3 Å². The van der Waals surface area contributed by atoms with E-state index in [0.29, 0.717) is 19.5 Å². The van der Waals surface area contributed by atoms with Gasteiger partial charge in [0.2, 0.25) is 23.6 Å². The van der Waals surface area contributed by atoms with Gasteiger partial charge in [0.1, 0.15) is 18.1 Å². The van der Waals surface area contributed by atoms with E-state index in [2.05, 4.69) is 20.9 Å². The number of hydrogen-bond acceptors (Lipinski definition) is 7. The normalized spacial score (nSPS) is 25.8. The van der Waals surface area contributed by atoms with Gasteiger partial charge in [-0.05, 0) is 23.1 Å². The maximum absolute atomic E-state index is 13.8. The third-order valence-corrected chi connectivity index (χ3v) is 7.80. The largest absolute Gasteiger partial charge is 0.391 e. The lowest BCUT2D eigenvalue weighted by Gasteiger charge is -2.32. The molecule has 5 atom stereocenters. The van der Waals surface area contributed by atoms with Crippen molar-refractivity contribution >= 4 is 23.6 Å². The van der Waals surface area contributed by atoms with Crippen LogP contribution < -0.4 is 16.0 Å². The molecule has 1 aromatic carbocycles. The van der Waals surface area contributed by atoms with Gasteiger partial charge in [0, 0.05) is 51.4 Å². The van der Waals surface area contributed by atoms with Gasteiger partial charge in [-0.25, -0.2) is 0 Å². The zero-order valence-corrected chi connectivity index (χ0v) is 23.7. The van der Waals surface area contributed by atoms with Crippen LogP contribution >= 0.6 is 0 Å². The molecule has 3 heterocycles. The predicted molar refractivity (Wildman–Crippen MR) is 152 cm³/mol. The Morgan fingerprint density at radius 3 is 2.49 bits per heavy atom. The highest BCUT2D eigenvalue weighted by Gasteiger charge is 2.43. The molecule has 2 saturated heterocycles. The van der Waals surface area contributed by atoms with Crippen LogP contribution in [0.5, 0.6) is 0 Å². The number of hydrogen-bond donors (Lipinski definition) is 4. The summed E-state index contributed by atoms with van der Waals surface area (Å²) in [6.45, 7) is 4.82. The highest BCUT2D eigenvalue weighted by molar-refractivity contribution is 5.95. The van der Waals surface area contributed by atoms with Crippen LogP contribution in [0.4, 0.5) is 0 Å². The van der Waals surface area contributed by atoms with Crippen molar-refractivity contribution in [3.8, 4) is 0 Å². The zero-order chi connectivity index (χ0) is 29.4. The summed E-state index contributed by atoms with van der Waals surface area (Å²) in [4.78, 5) is 61.4. The fourth-order valence-electron chi connectivity index (χ4n) is 5.34. The lowest BCUT2D eigenvalue weighted by Crippen LogP contribution is -2.58. The SMILES string of the molecule is CC[C@H](C)[C@@H]1NC(=O)CN(Cc2cccnc2)CCNC(=O)[C@H](Cc2ccccc2)NC(=O)[C@@H]2C[C@@H](O)CN2C1=O. The second-order valence-corrected chi connectivity index (χ2v) is 10.9. The second-order valence-electron chi connectivity index (χ2n) is 10.9. The molecule has 2 aromatic rings. The van der Waals surface area contributed by atoms with Crippen molar-refractivity contribution in [1.82, 2.24) is 30.7 Å². The summed E-state index contributed by atoms with van der Waals surface area (Å²) in [5, 5.41) is 19.1. The zero-order valence-electron chi connectivity index (χ0n) is 23.7. The van der Waals surface area contributed by atoms with Gasteiger partial charge in [0.05, 0.1) is 12.6 Å². The Kier molecular flexibility index (Phi) is 10.4. The molecular formula is C30H40N6O5. The summed E-state index contributed by atoms with van der Waals surface area (Å²) in [5.41, 5.74) is 1.78. The summed E-state index contributed by atoms with van der Waals surface area (Å²) in [7, 11) is 0. The molecule has 0 bridgehead atoms. The van der Waals surface area contributed by atoms with Crippen LogP contribution in [0, 0.1) is 5.92 Å². The molecular weight excluding hydrogens is 524 g/mol. The fourth-order valence-corrected chi connectivity index (χ4v) is 5.34. The number of pyridine rings is 1. The molecule has 0 unspecified atom stereocenters. The number of aliphatic hydroxyl groups is 1. The number of amides is 4. The lowest BCUT2D eigenvalue weighted by atomic mass is 9.97. The molecule has 4 rings (SSSR count). The van der Waals surface area contributed by atoms with E-state index in [0.717, 1.165) is 11.1 Å². The standard InChI is InChI=1S/C30H40N6O5/c1-3-20(2)27-30(41)36-18-23(37)15-25(36)29(40)33-24(14-21-8-5-4-6-9-21)28(39)32-12-13-35(19-26(38)34-27)17-22-10-7-11-31-16-22/h4-11,16,20,23-25,27,37H,3,12-15,17-19H2,1-2H3,(H,32,39)(H,33,40)(H,34,38)/t20-,23+,24-,25-,27-/m0/s1. The number of nitrogens with one attached hydrogen (secondary N) is 3. The molecule has 1 aromatic heterocycles. The summed E-state index contributed by atoms with van der Waals surface area (Å²) >= 11 is 0. The van der Waals surface area contributed by atoms with E-state index in [1.807, 2.05) is 61.2 Å². The Morgan fingerprint density at radius 1 is 1.02 bits per heavy atom. The quantitative estimate of drug-likeness (QED) is 0.393. The minimum atomic E-state index is -0.959. The van der Waals surface area contributed by atoms with E-state index in [-0.39, 0.29) is 50.2 Å². The third kappa shape index (κ3) is 8.11. The number of carbonyl (C=O) groups is 4. The fraction of sp³-hybridized carbons (Fsp3) is 0.500. The Morgan fingerprint density at radius 2 is 1.78 bits per heavy atom. The first-order valence-electron chi connectivity index (χ1n) is 14.3. The van der Waals surface area contributed by atoms with Gasteiger partial charge in [-0.3, -0.25) is 29.1 Å². The van der Waals surface area contributed by atoms with Crippen molar-refractivity contribution in [3.63, 3.8) is 0 Å². The van der Waals surface area contributed by atoms with Gasteiger partial charge in [-0.1, -0.05) is 56.7 Å². The van der Waals surface area contributed by atoms with E-state index in [1.54, 1.807) is 12.4 Å².